The van der Waals surface area contributed by atoms with E-state index in [1.165, 1.54) is 18.9 Å². The molecule has 124 valence electrons. The van der Waals surface area contributed by atoms with Gasteiger partial charge in [-0.25, -0.2) is 10.2 Å². The van der Waals surface area contributed by atoms with Crippen molar-refractivity contribution in [1.82, 2.24) is 5.43 Å². The van der Waals surface area contributed by atoms with Crippen molar-refractivity contribution in [1.29, 1.82) is 0 Å². The molecule has 0 aliphatic heterocycles. The molecule has 0 saturated heterocycles. The van der Waals surface area contributed by atoms with Crippen LogP contribution in [0.2, 0.25) is 0 Å². The largest absolute Gasteiger partial charge is 0.465 e. The van der Waals surface area contributed by atoms with Crippen LogP contribution in [0.5, 0.6) is 0 Å². The van der Waals surface area contributed by atoms with Crippen LogP contribution in [-0.2, 0) is 16.0 Å². The second-order valence-corrected chi connectivity index (χ2v) is 5.25. The molecule has 0 aromatic heterocycles. The molecule has 5 nitrogen and oxygen atoms in total. The Balaban J connectivity index is 1.72. The lowest BCUT2D eigenvalue weighted by Crippen LogP contribution is -2.17. The van der Waals surface area contributed by atoms with Crippen LogP contribution >= 0.6 is 0 Å². The van der Waals surface area contributed by atoms with Crippen molar-refractivity contribution in [3.63, 3.8) is 0 Å². The first-order valence-corrected chi connectivity index (χ1v) is 7.73. The smallest absolute Gasteiger partial charge is 0.337 e. The van der Waals surface area contributed by atoms with E-state index in [-0.39, 0.29) is 11.9 Å². The Morgan fingerprint density at radius 1 is 1.08 bits per heavy atom. The van der Waals surface area contributed by atoms with E-state index >= 15 is 0 Å². The van der Waals surface area contributed by atoms with E-state index in [4.69, 9.17) is 0 Å². The van der Waals surface area contributed by atoms with Crippen molar-refractivity contribution in [2.24, 2.45) is 5.10 Å². The molecule has 2 aromatic rings. The van der Waals surface area contributed by atoms with E-state index in [2.05, 4.69) is 15.3 Å². The van der Waals surface area contributed by atoms with Gasteiger partial charge in [0.2, 0.25) is 5.91 Å². The molecule has 5 heteroatoms. The Kier molecular flexibility index (Phi) is 6.71. The number of nitrogens with one attached hydrogen (secondary N) is 1. The van der Waals surface area contributed by atoms with Gasteiger partial charge in [0.05, 0.1) is 18.9 Å². The number of esters is 1. The number of rotatable bonds is 7. The van der Waals surface area contributed by atoms with Gasteiger partial charge >= 0.3 is 5.97 Å². The Bertz CT molecular complexity index is 694. The number of hydrogen-bond acceptors (Lipinski definition) is 4. The number of nitrogens with zero attached hydrogens (tertiary/aromatic N) is 1. The van der Waals surface area contributed by atoms with Gasteiger partial charge in [-0.3, -0.25) is 4.79 Å². The zero-order valence-corrected chi connectivity index (χ0v) is 13.6. The molecule has 1 N–H and O–H groups in total. The molecule has 0 fully saturated rings. The quantitative estimate of drug-likeness (QED) is 0.484. The van der Waals surface area contributed by atoms with E-state index in [1.54, 1.807) is 24.3 Å². The molecule has 0 aliphatic rings. The van der Waals surface area contributed by atoms with Gasteiger partial charge in [-0.1, -0.05) is 42.5 Å². The van der Waals surface area contributed by atoms with Gasteiger partial charge in [0.15, 0.2) is 0 Å². The normalized spacial score (nSPS) is 10.5. The first kappa shape index (κ1) is 17.4. The lowest BCUT2D eigenvalue weighted by atomic mass is 10.1. The molecule has 0 saturated carbocycles. The lowest BCUT2D eigenvalue weighted by molar-refractivity contribution is -0.121. The summed E-state index contributed by atoms with van der Waals surface area (Å²) >= 11 is 0. The lowest BCUT2D eigenvalue weighted by Gasteiger charge is -2.01. The Hall–Kier alpha value is -2.95. The van der Waals surface area contributed by atoms with Crippen molar-refractivity contribution in [3.05, 3.63) is 71.3 Å². The minimum absolute atomic E-state index is 0.117. The summed E-state index contributed by atoms with van der Waals surface area (Å²) in [4.78, 5) is 23.0. The molecule has 0 atom stereocenters. The zero-order valence-electron chi connectivity index (χ0n) is 13.6. The Labute approximate surface area is 141 Å². The summed E-state index contributed by atoms with van der Waals surface area (Å²) in [5.41, 5.74) is 4.98. The fourth-order valence-corrected chi connectivity index (χ4v) is 2.16. The molecular weight excluding hydrogens is 304 g/mol. The molecule has 0 radical (unpaired) electrons. The molecule has 0 bridgehead atoms. The monoisotopic (exact) mass is 324 g/mol. The van der Waals surface area contributed by atoms with Crippen LogP contribution in [-0.4, -0.2) is 25.2 Å². The van der Waals surface area contributed by atoms with Crippen molar-refractivity contribution in [2.75, 3.05) is 7.11 Å². The average molecular weight is 324 g/mol. The van der Waals surface area contributed by atoms with Crippen molar-refractivity contribution in [3.8, 4) is 0 Å². The molecule has 0 unspecified atom stereocenters. The van der Waals surface area contributed by atoms with Gasteiger partial charge in [-0.15, -0.1) is 0 Å². The maximum Gasteiger partial charge on any atom is 0.337 e. The van der Waals surface area contributed by atoms with Crippen LogP contribution in [0.15, 0.2) is 59.7 Å². The van der Waals surface area contributed by atoms with Crippen LogP contribution in [0.1, 0.15) is 34.3 Å². The van der Waals surface area contributed by atoms with Crippen LogP contribution in [0, 0.1) is 0 Å². The topological polar surface area (TPSA) is 67.8 Å². The van der Waals surface area contributed by atoms with Crippen LogP contribution in [0.3, 0.4) is 0 Å². The number of aryl methyl sites for hydroxylation is 1. The number of ether oxygens (including phenoxy) is 1. The second kappa shape index (κ2) is 9.25. The summed E-state index contributed by atoms with van der Waals surface area (Å²) in [7, 11) is 1.34. The van der Waals surface area contributed by atoms with Gasteiger partial charge in [-0.05, 0) is 36.1 Å². The van der Waals surface area contributed by atoms with E-state index in [0.717, 1.165) is 18.4 Å². The maximum atomic E-state index is 11.7. The molecule has 0 aliphatic carbocycles. The molecule has 24 heavy (non-hydrogen) atoms. The molecule has 1 amide bonds. The van der Waals surface area contributed by atoms with Crippen LogP contribution in [0.4, 0.5) is 0 Å². The summed E-state index contributed by atoms with van der Waals surface area (Å²) in [6, 6.07) is 16.8. The van der Waals surface area contributed by atoms with Crippen LogP contribution < -0.4 is 5.43 Å². The predicted molar refractivity (Wildman–Crippen MR) is 92.9 cm³/mol. The van der Waals surface area contributed by atoms with E-state index in [9.17, 15) is 9.59 Å². The zero-order chi connectivity index (χ0) is 17.2. The number of hydrazone groups is 1. The highest BCUT2D eigenvalue weighted by molar-refractivity contribution is 5.90. The van der Waals surface area contributed by atoms with Gasteiger partial charge in [0, 0.05) is 6.42 Å². The third-order valence-corrected chi connectivity index (χ3v) is 3.45. The van der Waals surface area contributed by atoms with Gasteiger partial charge < -0.3 is 4.74 Å². The molecule has 0 heterocycles. The highest BCUT2D eigenvalue weighted by Gasteiger charge is 2.03. The third kappa shape index (κ3) is 5.68. The molecular formula is C19H20N2O3. The number of amides is 1. The predicted octanol–water partition coefficient (Wildman–Crippen LogP) is 2.95. The summed E-state index contributed by atoms with van der Waals surface area (Å²) in [6.07, 6.45) is 3.61. The van der Waals surface area contributed by atoms with Crippen molar-refractivity contribution < 1.29 is 14.3 Å². The number of benzene rings is 2. The molecule has 2 rings (SSSR count). The number of carbonyl (C=O) groups is 2. The maximum absolute atomic E-state index is 11.7. The van der Waals surface area contributed by atoms with Crippen molar-refractivity contribution >= 4 is 18.1 Å². The fourth-order valence-electron chi connectivity index (χ4n) is 2.16. The number of methoxy groups -OCH3 is 1. The summed E-state index contributed by atoms with van der Waals surface area (Å²) < 4.78 is 4.63. The highest BCUT2D eigenvalue weighted by Crippen LogP contribution is 2.05. The second-order valence-electron chi connectivity index (χ2n) is 5.25. The summed E-state index contributed by atoms with van der Waals surface area (Å²) in [5, 5.41) is 3.92. The first-order chi connectivity index (χ1) is 11.7. The SMILES string of the molecule is COC(=O)c1ccc(C=NNC(=O)CCCc2ccccc2)cc1. The Morgan fingerprint density at radius 3 is 2.46 bits per heavy atom. The highest BCUT2D eigenvalue weighted by atomic mass is 16.5. The minimum atomic E-state index is -0.384. The number of carbonyl (C=O) groups excluding carboxylic acids is 2. The van der Waals surface area contributed by atoms with E-state index in [1.807, 2.05) is 30.3 Å². The van der Waals surface area contributed by atoms with Gasteiger partial charge in [0.25, 0.3) is 0 Å². The van der Waals surface area contributed by atoms with Crippen molar-refractivity contribution in [2.45, 2.75) is 19.3 Å². The fraction of sp³-hybridized carbons (Fsp3) is 0.211. The molecule has 0 spiro atoms. The Morgan fingerprint density at radius 2 is 1.79 bits per heavy atom. The van der Waals surface area contributed by atoms with E-state index < -0.39 is 0 Å². The number of hydrogen-bond donors (Lipinski definition) is 1. The average Bonchev–Trinajstić information content (AvgIpc) is 2.62. The summed E-state index contributed by atoms with van der Waals surface area (Å²) in [5.74, 6) is -0.501. The first-order valence-electron chi connectivity index (χ1n) is 7.73. The molecule has 2 aromatic carbocycles. The third-order valence-electron chi connectivity index (χ3n) is 3.45. The standard InChI is InChI=1S/C19H20N2O3/c1-24-19(23)17-12-10-16(11-13-17)14-20-21-18(22)9-5-8-15-6-3-2-4-7-15/h2-4,6-7,10-14H,5,8-9H2,1H3,(H,21,22). The van der Waals surface area contributed by atoms with Gasteiger partial charge in [-0.2, -0.15) is 5.10 Å². The van der Waals surface area contributed by atoms with Gasteiger partial charge in [0.1, 0.15) is 0 Å². The van der Waals surface area contributed by atoms with Crippen LogP contribution in [0.25, 0.3) is 0 Å². The summed E-state index contributed by atoms with van der Waals surface area (Å²) in [6.45, 7) is 0. The van der Waals surface area contributed by atoms with E-state index in [0.29, 0.717) is 12.0 Å². The minimum Gasteiger partial charge on any atom is -0.465 e.